The van der Waals surface area contributed by atoms with Gasteiger partial charge in [-0.05, 0) is 49.3 Å². The number of carbonyl (C=O) groups excluding carboxylic acids is 2. The fourth-order valence-corrected chi connectivity index (χ4v) is 5.53. The van der Waals surface area contributed by atoms with E-state index in [1.165, 1.54) is 5.56 Å². The number of nitrogens with one attached hydrogen (secondary N) is 2. The molecular formula is C24H29N3O2S. The van der Waals surface area contributed by atoms with Gasteiger partial charge in [0.1, 0.15) is 0 Å². The van der Waals surface area contributed by atoms with Gasteiger partial charge in [-0.2, -0.15) is 0 Å². The molecule has 158 valence electrons. The second-order valence-electron chi connectivity index (χ2n) is 8.13. The minimum atomic E-state index is -0.0933. The van der Waals surface area contributed by atoms with Gasteiger partial charge in [0.25, 0.3) is 5.91 Å². The number of para-hydroxylation sites is 1. The van der Waals surface area contributed by atoms with Crippen molar-refractivity contribution in [2.75, 3.05) is 18.9 Å². The maximum Gasteiger partial charge on any atom is 0.258 e. The Morgan fingerprint density at radius 3 is 2.50 bits per heavy atom. The van der Waals surface area contributed by atoms with Gasteiger partial charge in [0.15, 0.2) is 5.50 Å². The van der Waals surface area contributed by atoms with Crippen LogP contribution in [0.5, 0.6) is 0 Å². The lowest BCUT2D eigenvalue weighted by atomic mass is 9.81. The van der Waals surface area contributed by atoms with Crippen molar-refractivity contribution in [2.24, 2.45) is 11.8 Å². The summed E-state index contributed by atoms with van der Waals surface area (Å²) in [5.74, 6) is 1.64. The number of hydrogen-bond donors (Lipinski definition) is 2. The Morgan fingerprint density at radius 1 is 1.07 bits per heavy atom. The smallest absolute Gasteiger partial charge is 0.258 e. The summed E-state index contributed by atoms with van der Waals surface area (Å²) in [4.78, 5) is 27.3. The highest BCUT2D eigenvalue weighted by molar-refractivity contribution is 7.99. The molecule has 0 bridgehead atoms. The molecule has 0 spiro atoms. The van der Waals surface area contributed by atoms with E-state index >= 15 is 0 Å². The van der Waals surface area contributed by atoms with Crippen LogP contribution in [-0.2, 0) is 10.5 Å². The van der Waals surface area contributed by atoms with Crippen molar-refractivity contribution in [3.63, 3.8) is 0 Å². The Balaban J connectivity index is 1.46. The minimum absolute atomic E-state index is 0.0933. The van der Waals surface area contributed by atoms with Crippen molar-refractivity contribution in [2.45, 2.75) is 36.9 Å². The van der Waals surface area contributed by atoms with Gasteiger partial charge in [0, 0.05) is 31.0 Å². The standard InChI is InChI=1S/C24H29N3O2S/c1-25-22(28)19-13-11-17(12-14-19)15-27-23(29)20-9-5-6-10-21(20)26-24(27)30-16-18-7-3-2-4-8-18/h2-10,17,19,24,26H,11-16H2,1H3,(H,25,28). The van der Waals surface area contributed by atoms with Crippen molar-refractivity contribution in [3.05, 3.63) is 65.7 Å². The zero-order valence-corrected chi connectivity index (χ0v) is 18.2. The second-order valence-corrected chi connectivity index (χ2v) is 9.20. The molecule has 2 amide bonds. The van der Waals surface area contributed by atoms with Crippen LogP contribution in [0, 0.1) is 11.8 Å². The molecule has 1 heterocycles. The summed E-state index contributed by atoms with van der Waals surface area (Å²) in [6, 6.07) is 18.1. The summed E-state index contributed by atoms with van der Waals surface area (Å²) in [6.07, 6.45) is 3.77. The SMILES string of the molecule is CNC(=O)C1CCC(CN2C(=O)c3ccccc3NC2SCc2ccccc2)CC1. The third-order valence-electron chi connectivity index (χ3n) is 6.15. The van der Waals surface area contributed by atoms with Crippen LogP contribution in [0.1, 0.15) is 41.6 Å². The molecule has 5 nitrogen and oxygen atoms in total. The monoisotopic (exact) mass is 423 g/mol. The first-order valence-corrected chi connectivity index (χ1v) is 11.7. The van der Waals surface area contributed by atoms with Crippen LogP contribution in [0.25, 0.3) is 0 Å². The Morgan fingerprint density at radius 2 is 1.77 bits per heavy atom. The molecule has 1 fully saturated rings. The fourth-order valence-electron chi connectivity index (χ4n) is 4.42. The summed E-state index contributed by atoms with van der Waals surface area (Å²) in [7, 11) is 1.71. The molecule has 2 N–H and O–H groups in total. The number of hydrogen-bond acceptors (Lipinski definition) is 4. The third kappa shape index (κ3) is 4.64. The number of fused-ring (bicyclic) bond motifs is 1. The topological polar surface area (TPSA) is 61.4 Å². The van der Waals surface area contributed by atoms with Crippen LogP contribution in [0.2, 0.25) is 0 Å². The summed E-state index contributed by atoms with van der Waals surface area (Å²) in [5.41, 5.74) is 2.81. The Labute approximate surface area is 182 Å². The van der Waals surface area contributed by atoms with Gasteiger partial charge >= 0.3 is 0 Å². The van der Waals surface area contributed by atoms with E-state index in [1.54, 1.807) is 18.8 Å². The van der Waals surface area contributed by atoms with E-state index in [4.69, 9.17) is 0 Å². The molecule has 1 unspecified atom stereocenters. The normalized spacial score (nSPS) is 23.4. The molecule has 2 aliphatic rings. The van der Waals surface area contributed by atoms with E-state index in [-0.39, 0.29) is 23.2 Å². The predicted molar refractivity (Wildman–Crippen MR) is 122 cm³/mol. The molecular weight excluding hydrogens is 394 g/mol. The lowest BCUT2D eigenvalue weighted by molar-refractivity contribution is -0.125. The first-order chi connectivity index (χ1) is 14.7. The zero-order valence-electron chi connectivity index (χ0n) is 17.3. The quantitative estimate of drug-likeness (QED) is 0.726. The molecule has 0 saturated heterocycles. The number of anilines is 1. The van der Waals surface area contributed by atoms with Gasteiger partial charge in [-0.3, -0.25) is 9.59 Å². The zero-order chi connectivity index (χ0) is 20.9. The highest BCUT2D eigenvalue weighted by Gasteiger charge is 2.35. The molecule has 2 aromatic carbocycles. The maximum atomic E-state index is 13.3. The number of rotatable bonds is 6. The Bertz CT molecular complexity index is 881. The van der Waals surface area contributed by atoms with Crippen molar-refractivity contribution < 1.29 is 9.59 Å². The number of carbonyl (C=O) groups is 2. The highest BCUT2D eigenvalue weighted by Crippen LogP contribution is 2.35. The molecule has 1 aliphatic heterocycles. The van der Waals surface area contributed by atoms with Crippen LogP contribution in [-0.4, -0.2) is 35.8 Å². The lowest BCUT2D eigenvalue weighted by Crippen LogP contribution is -2.49. The van der Waals surface area contributed by atoms with E-state index in [0.29, 0.717) is 5.92 Å². The maximum absolute atomic E-state index is 13.3. The number of thioether (sulfide) groups is 1. The third-order valence-corrected chi connectivity index (χ3v) is 7.34. The molecule has 4 rings (SSSR count). The first kappa shape index (κ1) is 20.8. The second kappa shape index (κ2) is 9.56. The summed E-state index contributed by atoms with van der Waals surface area (Å²) in [5, 5.41) is 6.35. The van der Waals surface area contributed by atoms with Crippen molar-refractivity contribution >= 4 is 29.3 Å². The molecule has 30 heavy (non-hydrogen) atoms. The van der Waals surface area contributed by atoms with Crippen LogP contribution in [0.4, 0.5) is 5.69 Å². The fraction of sp³-hybridized carbons (Fsp3) is 0.417. The van der Waals surface area contributed by atoms with E-state index in [0.717, 1.165) is 49.2 Å². The Hall–Kier alpha value is -2.47. The van der Waals surface area contributed by atoms with Crippen molar-refractivity contribution in [1.29, 1.82) is 0 Å². The van der Waals surface area contributed by atoms with Crippen molar-refractivity contribution in [1.82, 2.24) is 10.2 Å². The lowest BCUT2D eigenvalue weighted by Gasteiger charge is -2.40. The highest BCUT2D eigenvalue weighted by atomic mass is 32.2. The van der Waals surface area contributed by atoms with Gasteiger partial charge < -0.3 is 15.5 Å². The van der Waals surface area contributed by atoms with Gasteiger partial charge in [-0.25, -0.2) is 0 Å². The Kier molecular flexibility index (Phi) is 6.62. The number of benzene rings is 2. The van der Waals surface area contributed by atoms with Crippen LogP contribution in [0.15, 0.2) is 54.6 Å². The summed E-state index contributed by atoms with van der Waals surface area (Å²) < 4.78 is 0. The summed E-state index contributed by atoms with van der Waals surface area (Å²) in [6.45, 7) is 0.729. The van der Waals surface area contributed by atoms with Crippen molar-refractivity contribution in [3.8, 4) is 0 Å². The first-order valence-electron chi connectivity index (χ1n) is 10.7. The van der Waals surface area contributed by atoms with E-state index in [1.807, 2.05) is 47.4 Å². The minimum Gasteiger partial charge on any atom is -0.359 e. The van der Waals surface area contributed by atoms with Gasteiger partial charge in [-0.15, -0.1) is 11.8 Å². The van der Waals surface area contributed by atoms with E-state index in [2.05, 4.69) is 22.8 Å². The molecule has 1 atom stereocenters. The molecule has 6 heteroatoms. The molecule has 1 aliphatic carbocycles. The number of amides is 2. The van der Waals surface area contributed by atoms with Gasteiger partial charge in [0.05, 0.1) is 5.56 Å². The van der Waals surface area contributed by atoms with Crippen LogP contribution < -0.4 is 10.6 Å². The van der Waals surface area contributed by atoms with Crippen LogP contribution >= 0.6 is 11.8 Å². The van der Waals surface area contributed by atoms with E-state index in [9.17, 15) is 9.59 Å². The average Bonchev–Trinajstić information content (AvgIpc) is 2.80. The number of nitrogens with zero attached hydrogens (tertiary/aromatic N) is 1. The molecule has 0 radical (unpaired) electrons. The van der Waals surface area contributed by atoms with Gasteiger partial charge in [0.2, 0.25) is 5.91 Å². The molecule has 2 aromatic rings. The van der Waals surface area contributed by atoms with Crippen LogP contribution in [0.3, 0.4) is 0 Å². The summed E-state index contributed by atoms with van der Waals surface area (Å²) >= 11 is 1.75. The largest absolute Gasteiger partial charge is 0.359 e. The van der Waals surface area contributed by atoms with Gasteiger partial charge in [-0.1, -0.05) is 42.5 Å². The average molecular weight is 424 g/mol. The predicted octanol–water partition coefficient (Wildman–Crippen LogP) is 4.32. The molecule has 1 saturated carbocycles. The van der Waals surface area contributed by atoms with E-state index < -0.39 is 0 Å². The molecule has 0 aromatic heterocycles.